The van der Waals surface area contributed by atoms with E-state index in [1.165, 1.54) is 6.07 Å². The van der Waals surface area contributed by atoms with Crippen molar-refractivity contribution in [1.82, 2.24) is 4.90 Å². The molecule has 0 saturated carbocycles. The molecule has 0 amide bonds. The van der Waals surface area contributed by atoms with Gasteiger partial charge in [-0.15, -0.1) is 11.6 Å². The van der Waals surface area contributed by atoms with E-state index >= 15 is 0 Å². The van der Waals surface area contributed by atoms with Crippen molar-refractivity contribution < 1.29 is 9.13 Å². The number of benzene rings is 1. The van der Waals surface area contributed by atoms with Crippen LogP contribution in [0.5, 0.6) is 0 Å². The summed E-state index contributed by atoms with van der Waals surface area (Å²) < 4.78 is 19.1. The van der Waals surface area contributed by atoms with E-state index in [9.17, 15) is 4.39 Å². The Morgan fingerprint density at radius 1 is 1.28 bits per heavy atom. The number of hydrogen-bond acceptors (Lipinski definition) is 2. The first-order valence-corrected chi connectivity index (χ1v) is 6.96. The lowest BCUT2D eigenvalue weighted by Gasteiger charge is -2.31. The topological polar surface area (TPSA) is 12.5 Å². The molecule has 2 rings (SSSR count). The number of hydrogen-bond donors (Lipinski definition) is 0. The summed E-state index contributed by atoms with van der Waals surface area (Å²) in [6.07, 6.45) is 2.33. The number of likely N-dealkylation sites (tertiary alicyclic amines) is 1. The summed E-state index contributed by atoms with van der Waals surface area (Å²) in [4.78, 5) is 2.28. The van der Waals surface area contributed by atoms with Crippen molar-refractivity contribution in [2.75, 3.05) is 25.6 Å². The van der Waals surface area contributed by atoms with Crippen LogP contribution in [0.1, 0.15) is 18.4 Å². The summed E-state index contributed by atoms with van der Waals surface area (Å²) >= 11 is 5.60. The molecule has 1 aliphatic heterocycles. The zero-order chi connectivity index (χ0) is 12.8. The van der Waals surface area contributed by atoms with E-state index in [-0.39, 0.29) is 5.82 Å². The van der Waals surface area contributed by atoms with Crippen LogP contribution < -0.4 is 0 Å². The highest BCUT2D eigenvalue weighted by molar-refractivity contribution is 6.17. The number of rotatable bonds is 5. The van der Waals surface area contributed by atoms with Gasteiger partial charge in [-0.3, -0.25) is 4.90 Å². The fourth-order valence-corrected chi connectivity index (χ4v) is 2.40. The zero-order valence-electron chi connectivity index (χ0n) is 10.4. The lowest BCUT2D eigenvalue weighted by molar-refractivity contribution is 0.0133. The average Bonchev–Trinajstić information content (AvgIpc) is 2.41. The molecule has 1 fully saturated rings. The summed E-state index contributed by atoms with van der Waals surface area (Å²) in [6, 6.07) is 6.98. The van der Waals surface area contributed by atoms with Gasteiger partial charge < -0.3 is 4.74 Å². The third-order valence-corrected chi connectivity index (χ3v) is 3.47. The number of halogens is 2. The molecule has 0 N–H and O–H groups in total. The molecule has 0 atom stereocenters. The maximum Gasteiger partial charge on any atom is 0.127 e. The van der Waals surface area contributed by atoms with Crippen molar-refractivity contribution in [2.45, 2.75) is 25.5 Å². The van der Waals surface area contributed by atoms with Gasteiger partial charge in [0.1, 0.15) is 5.82 Å². The van der Waals surface area contributed by atoms with Crippen molar-refractivity contribution >= 4 is 11.6 Å². The molecule has 0 radical (unpaired) electrons. The molecule has 18 heavy (non-hydrogen) atoms. The highest BCUT2D eigenvalue weighted by Gasteiger charge is 2.20. The summed E-state index contributed by atoms with van der Waals surface area (Å²) in [7, 11) is 0. The second-order valence-electron chi connectivity index (χ2n) is 4.63. The molecule has 1 saturated heterocycles. The third-order valence-electron chi connectivity index (χ3n) is 3.32. The van der Waals surface area contributed by atoms with Gasteiger partial charge in [0.15, 0.2) is 0 Å². The monoisotopic (exact) mass is 271 g/mol. The van der Waals surface area contributed by atoms with Crippen LogP contribution in [0.4, 0.5) is 4.39 Å². The summed E-state index contributed by atoms with van der Waals surface area (Å²) in [5.41, 5.74) is 0.776. The molecule has 1 aromatic carbocycles. The lowest BCUT2D eigenvalue weighted by Crippen LogP contribution is -2.37. The van der Waals surface area contributed by atoms with Crippen molar-refractivity contribution in [3.63, 3.8) is 0 Å². The highest BCUT2D eigenvalue weighted by Crippen LogP contribution is 2.17. The van der Waals surface area contributed by atoms with Crippen LogP contribution in [0.2, 0.25) is 0 Å². The molecular formula is C14H19ClFNO. The van der Waals surface area contributed by atoms with Gasteiger partial charge in [-0.25, -0.2) is 4.39 Å². The normalized spacial score (nSPS) is 18.1. The molecule has 0 unspecified atom stereocenters. The SMILES string of the molecule is Fc1ccccc1CN1CCC(OCCCl)CC1. The second-order valence-corrected chi connectivity index (χ2v) is 5.00. The van der Waals surface area contributed by atoms with E-state index in [2.05, 4.69) is 4.90 Å². The second kappa shape index (κ2) is 7.07. The Hall–Kier alpha value is -0.640. The number of ether oxygens (including phenoxy) is 1. The van der Waals surface area contributed by atoms with Gasteiger partial charge in [-0.2, -0.15) is 0 Å². The Morgan fingerprint density at radius 2 is 2.00 bits per heavy atom. The van der Waals surface area contributed by atoms with Gasteiger partial charge in [0.25, 0.3) is 0 Å². The molecule has 0 spiro atoms. The van der Waals surface area contributed by atoms with E-state index in [0.29, 0.717) is 25.1 Å². The standard InChI is InChI=1S/C14H19ClFNO/c15-7-10-18-13-5-8-17(9-6-13)11-12-3-1-2-4-14(12)16/h1-4,13H,5-11H2. The van der Waals surface area contributed by atoms with Crippen LogP contribution in [0.15, 0.2) is 24.3 Å². The fraction of sp³-hybridized carbons (Fsp3) is 0.571. The average molecular weight is 272 g/mol. The number of piperidine rings is 1. The minimum absolute atomic E-state index is 0.113. The smallest absolute Gasteiger partial charge is 0.127 e. The largest absolute Gasteiger partial charge is 0.377 e. The van der Waals surface area contributed by atoms with Crippen LogP contribution in [0.25, 0.3) is 0 Å². The molecule has 100 valence electrons. The Bertz CT molecular complexity index is 367. The molecule has 1 heterocycles. The molecule has 1 aromatic rings. The lowest BCUT2D eigenvalue weighted by atomic mass is 10.1. The van der Waals surface area contributed by atoms with E-state index < -0.39 is 0 Å². The summed E-state index contributed by atoms with van der Waals surface area (Å²) in [5, 5.41) is 0. The van der Waals surface area contributed by atoms with Gasteiger partial charge in [-0.1, -0.05) is 18.2 Å². The van der Waals surface area contributed by atoms with Gasteiger partial charge in [0.2, 0.25) is 0 Å². The number of alkyl halides is 1. The van der Waals surface area contributed by atoms with E-state index in [1.807, 2.05) is 12.1 Å². The zero-order valence-corrected chi connectivity index (χ0v) is 11.2. The molecule has 0 bridgehead atoms. The van der Waals surface area contributed by atoms with E-state index in [4.69, 9.17) is 16.3 Å². The van der Waals surface area contributed by atoms with Crippen LogP contribution in [0, 0.1) is 5.82 Å². The van der Waals surface area contributed by atoms with Crippen LogP contribution in [-0.2, 0) is 11.3 Å². The quantitative estimate of drug-likeness (QED) is 0.764. The van der Waals surface area contributed by atoms with Crippen LogP contribution in [0.3, 0.4) is 0 Å². The van der Waals surface area contributed by atoms with E-state index in [0.717, 1.165) is 31.5 Å². The number of nitrogens with zero attached hydrogens (tertiary/aromatic N) is 1. The van der Waals surface area contributed by atoms with E-state index in [1.54, 1.807) is 6.07 Å². The van der Waals surface area contributed by atoms with Gasteiger partial charge in [0, 0.05) is 31.1 Å². The molecule has 0 aliphatic carbocycles. The van der Waals surface area contributed by atoms with Crippen LogP contribution >= 0.6 is 11.6 Å². The summed E-state index contributed by atoms with van der Waals surface area (Å²) in [5.74, 6) is 0.438. The Balaban J connectivity index is 1.78. The molecule has 2 nitrogen and oxygen atoms in total. The third kappa shape index (κ3) is 3.94. The first-order chi connectivity index (χ1) is 8.79. The molecule has 1 aliphatic rings. The summed E-state index contributed by atoms with van der Waals surface area (Å²) in [6.45, 7) is 3.23. The minimum atomic E-state index is -0.113. The maximum atomic E-state index is 13.5. The molecule has 0 aromatic heterocycles. The first-order valence-electron chi connectivity index (χ1n) is 6.43. The fourth-order valence-electron chi connectivity index (χ4n) is 2.31. The predicted molar refractivity (Wildman–Crippen MR) is 71.4 cm³/mol. The van der Waals surface area contributed by atoms with Crippen molar-refractivity contribution in [3.05, 3.63) is 35.6 Å². The highest BCUT2D eigenvalue weighted by atomic mass is 35.5. The maximum absolute atomic E-state index is 13.5. The molecular weight excluding hydrogens is 253 g/mol. The molecule has 4 heteroatoms. The Morgan fingerprint density at radius 3 is 2.67 bits per heavy atom. The van der Waals surface area contributed by atoms with Gasteiger partial charge >= 0.3 is 0 Å². The predicted octanol–water partition coefficient (Wildman–Crippen LogP) is 3.05. The van der Waals surface area contributed by atoms with Crippen molar-refractivity contribution in [3.8, 4) is 0 Å². The Labute approximate surface area is 113 Å². The minimum Gasteiger partial charge on any atom is -0.377 e. The Kier molecular flexibility index (Phi) is 5.42. The first kappa shape index (κ1) is 13.8. The van der Waals surface area contributed by atoms with Crippen molar-refractivity contribution in [1.29, 1.82) is 0 Å². The van der Waals surface area contributed by atoms with Crippen molar-refractivity contribution in [2.24, 2.45) is 0 Å². The van der Waals surface area contributed by atoms with Gasteiger partial charge in [-0.05, 0) is 18.9 Å². The van der Waals surface area contributed by atoms with Crippen LogP contribution in [-0.4, -0.2) is 36.6 Å². The van der Waals surface area contributed by atoms with Gasteiger partial charge in [0.05, 0.1) is 12.7 Å².